The molecule has 0 aliphatic heterocycles. The Kier molecular flexibility index (Phi) is 7.23. The first-order valence-corrected chi connectivity index (χ1v) is 10.2. The van der Waals surface area contributed by atoms with Crippen molar-refractivity contribution in [2.24, 2.45) is 0 Å². The number of rotatable bonds is 7. The summed E-state index contributed by atoms with van der Waals surface area (Å²) in [6.07, 6.45) is 1.02. The molecule has 3 N–H and O–H groups in total. The third-order valence-corrected chi connectivity index (χ3v) is 4.38. The van der Waals surface area contributed by atoms with Gasteiger partial charge in [-0.3, -0.25) is 4.68 Å². The van der Waals surface area contributed by atoms with E-state index in [2.05, 4.69) is 25.4 Å². The van der Waals surface area contributed by atoms with Gasteiger partial charge in [0, 0.05) is 49.2 Å². The van der Waals surface area contributed by atoms with E-state index in [1.807, 2.05) is 0 Å². The summed E-state index contributed by atoms with van der Waals surface area (Å²) in [7, 11) is 1.61. The first kappa shape index (κ1) is 24.7. The van der Waals surface area contributed by atoms with Crippen molar-refractivity contribution in [3.63, 3.8) is 0 Å². The number of halogens is 3. The Hall–Kier alpha value is -3.90. The number of ether oxygens (including phenoxy) is 1. The highest BCUT2D eigenvalue weighted by atomic mass is 19.3. The third-order valence-electron chi connectivity index (χ3n) is 4.38. The number of hydrogen-bond acceptors (Lipinski definition) is 8. The molecule has 0 aliphatic carbocycles. The summed E-state index contributed by atoms with van der Waals surface area (Å²) in [6, 6.07) is 2.33. The summed E-state index contributed by atoms with van der Waals surface area (Å²) in [6.45, 7) is 6.05. The number of anilines is 3. The average Bonchev–Trinajstić information content (AvgIpc) is 3.19. The van der Waals surface area contributed by atoms with Crippen LogP contribution >= 0.6 is 0 Å². The maximum absolute atomic E-state index is 14.7. The summed E-state index contributed by atoms with van der Waals surface area (Å²) in [5.74, 6) is -1.51. The highest BCUT2D eigenvalue weighted by Crippen LogP contribution is 2.25. The fourth-order valence-corrected chi connectivity index (χ4v) is 2.80. The van der Waals surface area contributed by atoms with Gasteiger partial charge in [0.15, 0.2) is 5.82 Å². The van der Waals surface area contributed by atoms with Crippen molar-refractivity contribution in [2.45, 2.75) is 39.3 Å². The summed E-state index contributed by atoms with van der Waals surface area (Å²) < 4.78 is 47.3. The Bertz CT molecular complexity index is 1160. The van der Waals surface area contributed by atoms with Crippen LogP contribution in [0.5, 0.6) is 0 Å². The van der Waals surface area contributed by atoms with E-state index in [0.717, 1.165) is 6.07 Å². The first-order chi connectivity index (χ1) is 15.9. The van der Waals surface area contributed by atoms with Crippen molar-refractivity contribution >= 4 is 23.5 Å². The van der Waals surface area contributed by atoms with Gasteiger partial charge in [-0.25, -0.2) is 32.9 Å². The lowest BCUT2D eigenvalue weighted by atomic mass is 10.1. The fourth-order valence-electron chi connectivity index (χ4n) is 2.80. The summed E-state index contributed by atoms with van der Waals surface area (Å²) in [5.41, 5.74) is 5.58. The van der Waals surface area contributed by atoms with Crippen LogP contribution in [-0.4, -0.2) is 54.9 Å². The highest BCUT2D eigenvalue weighted by Gasteiger charge is 2.19. The molecule has 10 nitrogen and oxygen atoms in total. The van der Waals surface area contributed by atoms with Gasteiger partial charge in [0.05, 0.1) is 12.7 Å². The van der Waals surface area contributed by atoms with Gasteiger partial charge in [-0.15, -0.1) is 0 Å². The predicted molar refractivity (Wildman–Crippen MR) is 119 cm³/mol. The molecule has 0 saturated carbocycles. The van der Waals surface area contributed by atoms with Crippen molar-refractivity contribution in [1.29, 1.82) is 0 Å². The lowest BCUT2D eigenvalue weighted by molar-refractivity contribution is 0.0292. The molecule has 13 heteroatoms. The van der Waals surface area contributed by atoms with Gasteiger partial charge in [-0.1, -0.05) is 0 Å². The molecule has 1 amide bonds. The van der Waals surface area contributed by atoms with Crippen LogP contribution < -0.4 is 11.1 Å². The minimum Gasteiger partial charge on any atom is -0.444 e. The van der Waals surface area contributed by atoms with Crippen LogP contribution in [0.25, 0.3) is 11.1 Å². The summed E-state index contributed by atoms with van der Waals surface area (Å²) in [5, 5.41) is 6.83. The van der Waals surface area contributed by atoms with E-state index in [1.54, 1.807) is 38.7 Å². The highest BCUT2D eigenvalue weighted by molar-refractivity contribution is 5.67. The number of likely N-dealkylation sites (N-methyl/N-ethyl adjacent to an activating group) is 1. The van der Waals surface area contributed by atoms with Crippen LogP contribution in [0.4, 0.5) is 35.4 Å². The molecule has 3 aromatic rings. The number of nitrogen functional groups attached to an aromatic ring is 1. The number of nitrogens with zero attached hydrogens (tertiary/aromatic N) is 6. The molecular formula is C21H25F3N8O2. The molecule has 182 valence electrons. The topological polar surface area (TPSA) is 124 Å². The Balaban J connectivity index is 1.66. The first-order valence-electron chi connectivity index (χ1n) is 10.2. The molecule has 34 heavy (non-hydrogen) atoms. The van der Waals surface area contributed by atoms with Gasteiger partial charge in [-0.2, -0.15) is 5.10 Å². The van der Waals surface area contributed by atoms with Crippen LogP contribution in [0, 0.1) is 5.82 Å². The lowest BCUT2D eigenvalue weighted by Gasteiger charge is -2.24. The second kappa shape index (κ2) is 9.93. The van der Waals surface area contributed by atoms with Gasteiger partial charge < -0.3 is 20.7 Å². The standard InChI is InChI=1S/C21H25F3N8O2/c1-21(2,3)34-20(33)31(4)5-6-32-11-12(9-27-32)13-10-26-16(7-14(13)22)29-17-8-15(25)28-19(30-17)18(23)24/h7-11,18H,5-6H2,1-4H3,(H3,25,26,28,29,30). The van der Waals surface area contributed by atoms with E-state index in [1.165, 1.54) is 23.4 Å². The van der Waals surface area contributed by atoms with Crippen LogP contribution in [0.15, 0.2) is 30.7 Å². The average molecular weight is 478 g/mol. The van der Waals surface area contributed by atoms with Crippen molar-refractivity contribution in [2.75, 3.05) is 24.6 Å². The van der Waals surface area contributed by atoms with Crippen LogP contribution in [-0.2, 0) is 11.3 Å². The predicted octanol–water partition coefficient (Wildman–Crippen LogP) is 4.00. The largest absolute Gasteiger partial charge is 0.444 e. The van der Waals surface area contributed by atoms with Crippen LogP contribution in [0.3, 0.4) is 0 Å². The van der Waals surface area contributed by atoms with Gasteiger partial charge in [0.2, 0.25) is 0 Å². The van der Waals surface area contributed by atoms with Crippen LogP contribution in [0.2, 0.25) is 0 Å². The van der Waals surface area contributed by atoms with E-state index < -0.39 is 29.8 Å². The second-order valence-corrected chi connectivity index (χ2v) is 8.41. The number of amides is 1. The van der Waals surface area contributed by atoms with Crippen molar-refractivity contribution in [1.82, 2.24) is 29.6 Å². The minimum absolute atomic E-state index is 0.0376. The molecule has 0 bridgehead atoms. The van der Waals surface area contributed by atoms with Gasteiger partial charge >= 0.3 is 6.09 Å². The zero-order chi connectivity index (χ0) is 25.0. The van der Waals surface area contributed by atoms with Crippen molar-refractivity contribution in [3.05, 3.63) is 42.4 Å². The van der Waals surface area contributed by atoms with Gasteiger partial charge in [0.1, 0.15) is 28.9 Å². The van der Waals surface area contributed by atoms with E-state index in [0.29, 0.717) is 18.7 Å². The van der Waals surface area contributed by atoms with Gasteiger partial charge in [0.25, 0.3) is 6.43 Å². The molecule has 0 radical (unpaired) electrons. The van der Waals surface area contributed by atoms with E-state index >= 15 is 0 Å². The summed E-state index contributed by atoms with van der Waals surface area (Å²) in [4.78, 5) is 24.7. The molecule has 0 spiro atoms. The number of alkyl halides is 2. The molecule has 0 aliphatic rings. The quantitative estimate of drug-likeness (QED) is 0.522. The minimum atomic E-state index is -2.91. The van der Waals surface area contributed by atoms with Crippen LogP contribution in [0.1, 0.15) is 33.0 Å². The smallest absolute Gasteiger partial charge is 0.410 e. The maximum atomic E-state index is 14.7. The number of hydrogen-bond donors (Lipinski definition) is 2. The Labute approximate surface area is 194 Å². The molecule has 0 fully saturated rings. The number of nitrogens with two attached hydrogens (primary N) is 1. The zero-order valence-electron chi connectivity index (χ0n) is 19.1. The maximum Gasteiger partial charge on any atom is 0.410 e. The summed E-state index contributed by atoms with van der Waals surface area (Å²) >= 11 is 0. The fraction of sp³-hybridized carbons (Fsp3) is 0.381. The molecule has 3 rings (SSSR count). The molecule has 0 atom stereocenters. The number of carbonyl (C=O) groups excluding carboxylic acids is 1. The molecule has 0 saturated heterocycles. The Morgan fingerprint density at radius 2 is 1.97 bits per heavy atom. The van der Waals surface area contributed by atoms with E-state index in [9.17, 15) is 18.0 Å². The van der Waals surface area contributed by atoms with Gasteiger partial charge in [-0.05, 0) is 20.8 Å². The SMILES string of the molecule is CN(CCn1cc(-c2cnc(Nc3cc(N)nc(C(F)F)n3)cc2F)cn1)C(=O)OC(C)(C)C. The normalized spacial score (nSPS) is 11.5. The Morgan fingerprint density at radius 1 is 1.24 bits per heavy atom. The number of aromatic nitrogens is 5. The lowest BCUT2D eigenvalue weighted by Crippen LogP contribution is -2.36. The second-order valence-electron chi connectivity index (χ2n) is 8.41. The number of pyridine rings is 1. The van der Waals surface area contributed by atoms with Crippen molar-refractivity contribution < 1.29 is 22.7 Å². The van der Waals surface area contributed by atoms with Crippen molar-refractivity contribution in [3.8, 4) is 11.1 Å². The number of nitrogens with one attached hydrogen (secondary N) is 1. The number of carbonyl (C=O) groups is 1. The Morgan fingerprint density at radius 3 is 2.62 bits per heavy atom. The monoisotopic (exact) mass is 478 g/mol. The van der Waals surface area contributed by atoms with E-state index in [4.69, 9.17) is 10.5 Å². The molecular weight excluding hydrogens is 453 g/mol. The molecule has 0 unspecified atom stereocenters. The zero-order valence-corrected chi connectivity index (χ0v) is 19.1. The van der Waals surface area contributed by atoms with E-state index in [-0.39, 0.29) is 23.0 Å². The molecule has 3 heterocycles. The third kappa shape index (κ3) is 6.56. The molecule has 3 aromatic heterocycles. The molecule has 0 aromatic carbocycles.